The van der Waals surface area contributed by atoms with Crippen molar-refractivity contribution < 1.29 is 4.74 Å². The first-order valence-electron chi connectivity index (χ1n) is 5.04. The van der Waals surface area contributed by atoms with Gasteiger partial charge in [-0.2, -0.15) is 11.8 Å². The van der Waals surface area contributed by atoms with Crippen molar-refractivity contribution in [2.45, 2.75) is 38.0 Å². The van der Waals surface area contributed by atoms with Gasteiger partial charge in [-0.1, -0.05) is 13.8 Å². The van der Waals surface area contributed by atoms with Crippen LogP contribution in [-0.4, -0.2) is 37.8 Å². The lowest BCUT2D eigenvalue weighted by Gasteiger charge is -2.21. The van der Waals surface area contributed by atoms with Crippen molar-refractivity contribution in [1.82, 2.24) is 5.32 Å². The number of rotatable bonds is 8. The molecule has 3 heteroatoms. The number of nitrogens with one attached hydrogen (secondary N) is 1. The molecule has 0 aliphatic rings. The molecule has 2 nitrogen and oxygen atoms in total. The Hall–Kier alpha value is 0.270. The Balaban J connectivity index is 3.42. The third-order valence-corrected chi connectivity index (χ3v) is 3.63. The van der Waals surface area contributed by atoms with Gasteiger partial charge in [0.05, 0.1) is 0 Å². The van der Waals surface area contributed by atoms with Gasteiger partial charge in [0.15, 0.2) is 0 Å². The molecule has 13 heavy (non-hydrogen) atoms. The number of thioether (sulfide) groups is 1. The topological polar surface area (TPSA) is 21.3 Å². The minimum atomic E-state index is 0.646. The Bertz CT molecular complexity index is 107. The van der Waals surface area contributed by atoms with Crippen LogP contribution in [0.5, 0.6) is 0 Å². The SMILES string of the molecule is CCC(NC)C(C)SCCCOC. The molecule has 0 fully saturated rings. The molecule has 2 atom stereocenters. The van der Waals surface area contributed by atoms with Gasteiger partial charge < -0.3 is 10.1 Å². The Morgan fingerprint density at radius 3 is 2.62 bits per heavy atom. The molecule has 80 valence electrons. The normalized spacial score (nSPS) is 15.7. The highest BCUT2D eigenvalue weighted by Gasteiger charge is 2.12. The van der Waals surface area contributed by atoms with Crippen LogP contribution in [0.3, 0.4) is 0 Å². The standard InChI is InChI=1S/C10H23NOS/c1-5-10(11-3)9(2)13-8-6-7-12-4/h9-11H,5-8H2,1-4H3. The molecule has 0 aromatic heterocycles. The Kier molecular flexibility index (Phi) is 9.03. The van der Waals surface area contributed by atoms with Crippen LogP contribution in [0.1, 0.15) is 26.7 Å². The summed E-state index contributed by atoms with van der Waals surface area (Å²) >= 11 is 2.03. The lowest BCUT2D eigenvalue weighted by Crippen LogP contribution is -2.33. The predicted octanol–water partition coefficient (Wildman–Crippen LogP) is 2.14. The maximum Gasteiger partial charge on any atom is 0.0470 e. The summed E-state index contributed by atoms with van der Waals surface area (Å²) in [5.41, 5.74) is 0. The quantitative estimate of drug-likeness (QED) is 0.614. The van der Waals surface area contributed by atoms with Gasteiger partial charge in [-0.25, -0.2) is 0 Å². The molecule has 0 aliphatic heterocycles. The molecule has 0 aromatic carbocycles. The van der Waals surface area contributed by atoms with Crippen molar-refractivity contribution >= 4 is 11.8 Å². The van der Waals surface area contributed by atoms with E-state index in [2.05, 4.69) is 19.2 Å². The molecule has 0 saturated heterocycles. The maximum absolute atomic E-state index is 5.01. The molecule has 0 amide bonds. The number of hydrogen-bond donors (Lipinski definition) is 1. The van der Waals surface area contributed by atoms with Crippen molar-refractivity contribution in [2.24, 2.45) is 0 Å². The minimum absolute atomic E-state index is 0.646. The van der Waals surface area contributed by atoms with Crippen LogP contribution >= 0.6 is 11.8 Å². The summed E-state index contributed by atoms with van der Waals surface area (Å²) in [4.78, 5) is 0. The monoisotopic (exact) mass is 205 g/mol. The summed E-state index contributed by atoms with van der Waals surface area (Å²) < 4.78 is 5.01. The minimum Gasteiger partial charge on any atom is -0.385 e. The van der Waals surface area contributed by atoms with E-state index in [0.29, 0.717) is 11.3 Å². The summed E-state index contributed by atoms with van der Waals surface area (Å²) in [5.74, 6) is 1.20. The van der Waals surface area contributed by atoms with Gasteiger partial charge >= 0.3 is 0 Å². The van der Waals surface area contributed by atoms with Gasteiger partial charge in [0, 0.05) is 25.0 Å². The van der Waals surface area contributed by atoms with E-state index >= 15 is 0 Å². The van der Waals surface area contributed by atoms with Crippen LogP contribution in [-0.2, 0) is 4.74 Å². The van der Waals surface area contributed by atoms with Gasteiger partial charge in [-0.05, 0) is 25.6 Å². The molecule has 0 aromatic rings. The van der Waals surface area contributed by atoms with E-state index in [1.165, 1.54) is 12.2 Å². The highest BCUT2D eigenvalue weighted by molar-refractivity contribution is 7.99. The third kappa shape index (κ3) is 6.36. The van der Waals surface area contributed by atoms with E-state index in [-0.39, 0.29) is 0 Å². The lowest BCUT2D eigenvalue weighted by atomic mass is 10.2. The van der Waals surface area contributed by atoms with Crippen molar-refractivity contribution in [1.29, 1.82) is 0 Å². The van der Waals surface area contributed by atoms with Crippen molar-refractivity contribution in [2.75, 3.05) is 26.5 Å². The number of methoxy groups -OCH3 is 1. The molecule has 0 rings (SSSR count). The van der Waals surface area contributed by atoms with E-state index in [0.717, 1.165) is 13.0 Å². The van der Waals surface area contributed by atoms with Crippen LogP contribution in [0, 0.1) is 0 Å². The lowest BCUT2D eigenvalue weighted by molar-refractivity contribution is 0.200. The molecule has 0 bridgehead atoms. The predicted molar refractivity (Wildman–Crippen MR) is 61.6 cm³/mol. The van der Waals surface area contributed by atoms with Gasteiger partial charge in [-0.15, -0.1) is 0 Å². The fraction of sp³-hybridized carbons (Fsp3) is 1.00. The summed E-state index contributed by atoms with van der Waals surface area (Å²) in [6, 6.07) is 0.646. The summed E-state index contributed by atoms with van der Waals surface area (Å²) in [7, 11) is 3.80. The highest BCUT2D eigenvalue weighted by Crippen LogP contribution is 2.16. The summed E-state index contributed by atoms with van der Waals surface area (Å²) in [6.07, 6.45) is 2.36. The molecular formula is C10H23NOS. The van der Waals surface area contributed by atoms with Gasteiger partial charge in [0.1, 0.15) is 0 Å². The van der Waals surface area contributed by atoms with Gasteiger partial charge in [-0.3, -0.25) is 0 Å². The maximum atomic E-state index is 5.01. The second kappa shape index (κ2) is 8.85. The molecule has 1 N–H and O–H groups in total. The number of hydrogen-bond acceptors (Lipinski definition) is 3. The average Bonchev–Trinajstić information content (AvgIpc) is 2.14. The Morgan fingerprint density at radius 1 is 1.46 bits per heavy atom. The molecule has 2 unspecified atom stereocenters. The largest absolute Gasteiger partial charge is 0.385 e. The molecule has 0 saturated carbocycles. The van der Waals surface area contributed by atoms with E-state index < -0.39 is 0 Å². The van der Waals surface area contributed by atoms with Crippen LogP contribution in [0.2, 0.25) is 0 Å². The van der Waals surface area contributed by atoms with Gasteiger partial charge in [0.25, 0.3) is 0 Å². The molecular weight excluding hydrogens is 182 g/mol. The van der Waals surface area contributed by atoms with E-state index in [1.807, 2.05) is 18.8 Å². The number of ether oxygens (including phenoxy) is 1. The summed E-state index contributed by atoms with van der Waals surface area (Å²) in [6.45, 7) is 5.41. The van der Waals surface area contributed by atoms with E-state index in [4.69, 9.17) is 4.74 Å². The van der Waals surface area contributed by atoms with E-state index in [9.17, 15) is 0 Å². The molecule has 0 heterocycles. The first-order valence-corrected chi connectivity index (χ1v) is 6.08. The summed E-state index contributed by atoms with van der Waals surface area (Å²) in [5, 5.41) is 4.04. The van der Waals surface area contributed by atoms with Crippen molar-refractivity contribution in [3.63, 3.8) is 0 Å². The zero-order chi connectivity index (χ0) is 10.1. The van der Waals surface area contributed by atoms with E-state index in [1.54, 1.807) is 7.11 Å². The highest BCUT2D eigenvalue weighted by atomic mass is 32.2. The Labute approximate surface area is 86.8 Å². The zero-order valence-corrected chi connectivity index (χ0v) is 10.1. The van der Waals surface area contributed by atoms with Crippen LogP contribution in [0.4, 0.5) is 0 Å². The first kappa shape index (κ1) is 13.3. The third-order valence-electron chi connectivity index (χ3n) is 2.25. The fourth-order valence-corrected chi connectivity index (χ4v) is 2.58. The van der Waals surface area contributed by atoms with Crippen LogP contribution in [0.15, 0.2) is 0 Å². The van der Waals surface area contributed by atoms with Crippen molar-refractivity contribution in [3.05, 3.63) is 0 Å². The van der Waals surface area contributed by atoms with Crippen molar-refractivity contribution in [3.8, 4) is 0 Å². The molecule has 0 radical (unpaired) electrons. The van der Waals surface area contributed by atoms with Crippen LogP contribution < -0.4 is 5.32 Å². The first-order chi connectivity index (χ1) is 6.26. The Morgan fingerprint density at radius 2 is 2.15 bits per heavy atom. The van der Waals surface area contributed by atoms with Gasteiger partial charge in [0.2, 0.25) is 0 Å². The average molecular weight is 205 g/mol. The second-order valence-corrected chi connectivity index (χ2v) is 4.71. The van der Waals surface area contributed by atoms with Crippen LogP contribution in [0.25, 0.3) is 0 Å². The fourth-order valence-electron chi connectivity index (χ4n) is 1.36. The molecule has 0 spiro atoms. The molecule has 0 aliphatic carbocycles. The zero-order valence-electron chi connectivity index (χ0n) is 9.30. The smallest absolute Gasteiger partial charge is 0.0470 e. The second-order valence-electron chi connectivity index (χ2n) is 3.23.